The number of rotatable bonds is 9. The third-order valence-corrected chi connectivity index (χ3v) is 2.01. The molecule has 0 rings (SSSR count). The molecule has 0 aliphatic carbocycles. The summed E-state index contributed by atoms with van der Waals surface area (Å²) in [7, 11) is 1.55. The van der Waals surface area contributed by atoms with Crippen molar-refractivity contribution in [1.82, 2.24) is 10.6 Å². The molecule has 96 valence electrons. The molecule has 5 nitrogen and oxygen atoms in total. The van der Waals surface area contributed by atoms with Crippen molar-refractivity contribution in [1.29, 1.82) is 0 Å². The molecule has 0 aliphatic heterocycles. The van der Waals surface area contributed by atoms with Gasteiger partial charge < -0.3 is 20.5 Å². The molecule has 0 bridgehead atoms. The lowest BCUT2D eigenvalue weighted by molar-refractivity contribution is -0.120. The van der Waals surface area contributed by atoms with Gasteiger partial charge in [0.2, 0.25) is 5.91 Å². The highest BCUT2D eigenvalue weighted by molar-refractivity contribution is 5.77. The second kappa shape index (κ2) is 9.57. The summed E-state index contributed by atoms with van der Waals surface area (Å²) >= 11 is 0. The Morgan fingerprint density at radius 1 is 1.44 bits per heavy atom. The number of aliphatic hydroxyl groups excluding tert-OH is 1. The molecule has 0 aromatic heterocycles. The maximum atomic E-state index is 11.3. The van der Waals surface area contributed by atoms with E-state index in [1.54, 1.807) is 7.11 Å². The van der Waals surface area contributed by atoms with E-state index in [4.69, 9.17) is 4.74 Å². The lowest BCUT2D eigenvalue weighted by Gasteiger charge is -2.11. The van der Waals surface area contributed by atoms with Gasteiger partial charge in [0, 0.05) is 13.7 Å². The summed E-state index contributed by atoms with van der Waals surface area (Å²) in [5.41, 5.74) is 0. The minimum Gasteiger partial charge on any atom is -0.391 e. The molecular weight excluding hydrogens is 208 g/mol. The molecule has 1 unspecified atom stereocenters. The largest absolute Gasteiger partial charge is 0.391 e. The minimum absolute atomic E-state index is 0.00469. The van der Waals surface area contributed by atoms with E-state index < -0.39 is 6.10 Å². The van der Waals surface area contributed by atoms with Gasteiger partial charge in [-0.1, -0.05) is 13.8 Å². The Labute approximate surface area is 97.6 Å². The van der Waals surface area contributed by atoms with Gasteiger partial charge in [-0.15, -0.1) is 0 Å². The topological polar surface area (TPSA) is 70.6 Å². The van der Waals surface area contributed by atoms with Crippen LogP contribution in [-0.4, -0.2) is 50.5 Å². The lowest BCUT2D eigenvalue weighted by Crippen LogP contribution is -2.36. The van der Waals surface area contributed by atoms with Crippen molar-refractivity contribution >= 4 is 5.91 Å². The Kier molecular flexibility index (Phi) is 9.18. The molecule has 0 aromatic rings. The first-order valence-electron chi connectivity index (χ1n) is 5.70. The van der Waals surface area contributed by atoms with Crippen LogP contribution in [0.4, 0.5) is 0 Å². The molecule has 0 saturated carbocycles. The van der Waals surface area contributed by atoms with Crippen LogP contribution >= 0.6 is 0 Å². The molecular formula is C11H24N2O3. The third kappa shape index (κ3) is 9.89. The molecule has 1 atom stereocenters. The smallest absolute Gasteiger partial charge is 0.233 e. The number of methoxy groups -OCH3 is 1. The summed E-state index contributed by atoms with van der Waals surface area (Å²) in [6.07, 6.45) is 0.127. The number of nitrogens with one attached hydrogen (secondary N) is 2. The molecule has 0 saturated heterocycles. The van der Waals surface area contributed by atoms with Gasteiger partial charge in [0.05, 0.1) is 19.3 Å². The van der Waals surface area contributed by atoms with E-state index in [-0.39, 0.29) is 5.91 Å². The van der Waals surface area contributed by atoms with Crippen LogP contribution in [0.5, 0.6) is 0 Å². The maximum Gasteiger partial charge on any atom is 0.233 e. The van der Waals surface area contributed by atoms with Crippen LogP contribution in [-0.2, 0) is 9.53 Å². The van der Waals surface area contributed by atoms with Gasteiger partial charge in [0.1, 0.15) is 0 Å². The maximum absolute atomic E-state index is 11.3. The molecule has 0 aliphatic rings. The fourth-order valence-corrected chi connectivity index (χ4v) is 1.13. The monoisotopic (exact) mass is 232 g/mol. The van der Waals surface area contributed by atoms with E-state index in [2.05, 4.69) is 24.5 Å². The highest BCUT2D eigenvalue weighted by atomic mass is 16.5. The van der Waals surface area contributed by atoms with E-state index in [0.717, 1.165) is 0 Å². The van der Waals surface area contributed by atoms with Crippen molar-refractivity contribution in [2.24, 2.45) is 5.92 Å². The summed E-state index contributed by atoms with van der Waals surface area (Å²) in [4.78, 5) is 11.3. The van der Waals surface area contributed by atoms with Crippen molar-refractivity contribution in [3.63, 3.8) is 0 Å². The van der Waals surface area contributed by atoms with Crippen LogP contribution in [0.25, 0.3) is 0 Å². The first-order chi connectivity index (χ1) is 7.56. The van der Waals surface area contributed by atoms with Gasteiger partial charge in [0.25, 0.3) is 0 Å². The SMILES string of the molecule is COCC(O)CCNCC(=O)NCC(C)C. The molecule has 0 fully saturated rings. The Morgan fingerprint density at radius 3 is 2.69 bits per heavy atom. The Hall–Kier alpha value is -0.650. The first kappa shape index (κ1) is 15.3. The third-order valence-electron chi connectivity index (χ3n) is 2.01. The zero-order valence-corrected chi connectivity index (χ0v) is 10.5. The Morgan fingerprint density at radius 2 is 2.12 bits per heavy atom. The zero-order valence-electron chi connectivity index (χ0n) is 10.5. The van der Waals surface area contributed by atoms with E-state index in [1.807, 2.05) is 0 Å². The van der Waals surface area contributed by atoms with Crippen molar-refractivity contribution in [2.75, 3.05) is 33.4 Å². The van der Waals surface area contributed by atoms with E-state index in [9.17, 15) is 9.90 Å². The molecule has 0 spiro atoms. The lowest BCUT2D eigenvalue weighted by atomic mass is 10.2. The number of hydrogen-bond acceptors (Lipinski definition) is 4. The zero-order chi connectivity index (χ0) is 12.4. The fourth-order valence-electron chi connectivity index (χ4n) is 1.13. The van der Waals surface area contributed by atoms with Gasteiger partial charge in [-0.3, -0.25) is 4.79 Å². The average molecular weight is 232 g/mol. The number of carbonyl (C=O) groups is 1. The van der Waals surface area contributed by atoms with Crippen molar-refractivity contribution < 1.29 is 14.6 Å². The van der Waals surface area contributed by atoms with Gasteiger partial charge in [-0.05, 0) is 18.9 Å². The minimum atomic E-state index is -0.462. The van der Waals surface area contributed by atoms with E-state index >= 15 is 0 Å². The predicted molar refractivity (Wildman–Crippen MR) is 63.2 cm³/mol. The highest BCUT2D eigenvalue weighted by Gasteiger charge is 2.04. The number of carbonyl (C=O) groups excluding carboxylic acids is 1. The van der Waals surface area contributed by atoms with Crippen molar-refractivity contribution in [3.05, 3.63) is 0 Å². The van der Waals surface area contributed by atoms with E-state index in [0.29, 0.717) is 38.6 Å². The molecule has 0 radical (unpaired) electrons. The quantitative estimate of drug-likeness (QED) is 0.479. The van der Waals surface area contributed by atoms with E-state index in [1.165, 1.54) is 0 Å². The number of hydrogen-bond donors (Lipinski definition) is 3. The van der Waals surface area contributed by atoms with Crippen LogP contribution in [0.1, 0.15) is 20.3 Å². The summed E-state index contributed by atoms with van der Waals surface area (Å²) in [5, 5.41) is 15.1. The van der Waals surface area contributed by atoms with Crippen LogP contribution in [0, 0.1) is 5.92 Å². The standard InChI is InChI=1S/C11H24N2O3/c1-9(2)6-13-11(15)7-12-5-4-10(14)8-16-3/h9-10,12,14H,4-8H2,1-3H3,(H,13,15). The summed E-state index contributed by atoms with van der Waals surface area (Å²) in [6, 6.07) is 0. The Balaban J connectivity index is 3.34. The van der Waals surface area contributed by atoms with Crippen molar-refractivity contribution in [3.8, 4) is 0 Å². The predicted octanol–water partition coefficient (Wildman–Crippen LogP) is -0.254. The van der Waals surface area contributed by atoms with Crippen LogP contribution < -0.4 is 10.6 Å². The average Bonchev–Trinajstić information content (AvgIpc) is 2.22. The van der Waals surface area contributed by atoms with Crippen LogP contribution in [0.3, 0.4) is 0 Å². The molecule has 3 N–H and O–H groups in total. The van der Waals surface area contributed by atoms with Gasteiger partial charge in [0.15, 0.2) is 0 Å². The second-order valence-electron chi connectivity index (χ2n) is 4.27. The van der Waals surface area contributed by atoms with Gasteiger partial charge >= 0.3 is 0 Å². The van der Waals surface area contributed by atoms with Crippen LogP contribution in [0.15, 0.2) is 0 Å². The number of aliphatic hydroxyl groups is 1. The molecule has 0 heterocycles. The molecule has 5 heteroatoms. The molecule has 0 aromatic carbocycles. The molecule has 1 amide bonds. The Bertz CT molecular complexity index is 186. The van der Waals surface area contributed by atoms with Gasteiger partial charge in [-0.25, -0.2) is 0 Å². The van der Waals surface area contributed by atoms with Crippen LogP contribution in [0.2, 0.25) is 0 Å². The second-order valence-corrected chi connectivity index (χ2v) is 4.27. The summed E-state index contributed by atoms with van der Waals surface area (Å²) in [5.74, 6) is 0.461. The number of ether oxygens (including phenoxy) is 1. The summed E-state index contributed by atoms with van der Waals surface area (Å²) < 4.78 is 4.79. The fraction of sp³-hybridized carbons (Fsp3) is 0.909. The van der Waals surface area contributed by atoms with Gasteiger partial charge in [-0.2, -0.15) is 0 Å². The number of amides is 1. The molecule has 16 heavy (non-hydrogen) atoms. The first-order valence-corrected chi connectivity index (χ1v) is 5.70. The summed E-state index contributed by atoms with van der Waals surface area (Å²) in [6.45, 7) is 6.05. The normalized spacial score (nSPS) is 12.8. The highest BCUT2D eigenvalue weighted by Crippen LogP contribution is 1.90. The van der Waals surface area contributed by atoms with Crippen molar-refractivity contribution in [2.45, 2.75) is 26.4 Å².